The van der Waals surface area contributed by atoms with Crippen molar-refractivity contribution in [1.82, 2.24) is 4.90 Å². The molecule has 0 unspecified atom stereocenters. The zero-order valence-electron chi connectivity index (χ0n) is 18.8. The molecule has 8 nitrogen and oxygen atoms in total. The Morgan fingerprint density at radius 1 is 1.15 bits per heavy atom. The number of carboxylic acids is 1. The van der Waals surface area contributed by atoms with E-state index in [4.69, 9.17) is 26.2 Å². The number of benzene rings is 2. The van der Waals surface area contributed by atoms with Gasteiger partial charge in [-0.3, -0.25) is 9.80 Å². The number of nitrogens with two attached hydrogens (primary N) is 2. The van der Waals surface area contributed by atoms with Crippen molar-refractivity contribution in [3.8, 4) is 11.5 Å². The van der Waals surface area contributed by atoms with Crippen LogP contribution in [0.5, 0.6) is 11.5 Å². The molecule has 0 bridgehead atoms. The van der Waals surface area contributed by atoms with E-state index in [0.717, 1.165) is 37.9 Å². The molecule has 2 aromatic carbocycles. The number of rotatable bonds is 10. The number of ether oxygens (including phenoxy) is 2. The van der Waals surface area contributed by atoms with E-state index in [1.54, 1.807) is 18.2 Å². The quantitative estimate of drug-likeness (QED) is 0.367. The fourth-order valence-corrected chi connectivity index (χ4v) is 3.80. The monoisotopic (exact) mass is 458 g/mol. The first-order chi connectivity index (χ1) is 15.9. The van der Waals surface area contributed by atoms with Crippen LogP contribution in [0.1, 0.15) is 31.2 Å². The minimum atomic E-state index is -0.854. The molecule has 2 aromatic rings. The van der Waals surface area contributed by atoms with Gasteiger partial charge in [-0.15, -0.1) is 0 Å². The highest BCUT2D eigenvalue weighted by molar-refractivity contribution is 5.67. The average Bonchev–Trinajstić information content (AvgIpc) is 2.83. The molecule has 0 radical (unpaired) electrons. The topological polar surface area (TPSA) is 114 Å². The maximum absolute atomic E-state index is 14.6. The highest BCUT2D eigenvalue weighted by Crippen LogP contribution is 2.29. The summed E-state index contributed by atoms with van der Waals surface area (Å²) in [6.45, 7) is 1.54. The molecule has 0 amide bonds. The van der Waals surface area contributed by atoms with Gasteiger partial charge in [0, 0.05) is 25.6 Å². The van der Waals surface area contributed by atoms with Crippen molar-refractivity contribution in [2.75, 3.05) is 31.8 Å². The number of methoxy groups -OCH3 is 1. The number of hydrogen-bond acceptors (Lipinski definition) is 7. The molecule has 0 saturated carbocycles. The number of aliphatic carboxylic acids is 1. The molecule has 33 heavy (non-hydrogen) atoms. The zero-order chi connectivity index (χ0) is 23.8. The van der Waals surface area contributed by atoms with E-state index >= 15 is 0 Å². The van der Waals surface area contributed by atoms with Crippen LogP contribution in [0, 0.1) is 5.82 Å². The minimum absolute atomic E-state index is 0.0352. The highest BCUT2D eigenvalue weighted by atomic mass is 19.1. The first-order valence-corrected chi connectivity index (χ1v) is 10.9. The molecule has 1 fully saturated rings. The second kappa shape index (κ2) is 11.4. The molecule has 1 heterocycles. The standard InChI is InChI=1S/C24H31FN4O4/c1-32-18-9-10-20(25)22(15-18)29(27)24(28-12-3-2-4-13-28)21(26)16-33-19-7-5-6-17(14-19)8-11-23(30)31/h5-7,9-10,14-15H,2-4,8,11-13,16,26-27H2,1H3,(H,30,31)/b24-21-. The van der Waals surface area contributed by atoms with Gasteiger partial charge in [0.25, 0.3) is 0 Å². The molecule has 5 N–H and O–H groups in total. The predicted molar refractivity (Wildman–Crippen MR) is 124 cm³/mol. The molecule has 1 saturated heterocycles. The summed E-state index contributed by atoms with van der Waals surface area (Å²) in [4.78, 5) is 12.9. The largest absolute Gasteiger partial charge is 0.497 e. The molecule has 1 aliphatic heterocycles. The fourth-order valence-electron chi connectivity index (χ4n) is 3.80. The lowest BCUT2D eigenvalue weighted by molar-refractivity contribution is -0.136. The number of aryl methyl sites for hydroxylation is 1. The molecular weight excluding hydrogens is 427 g/mol. The van der Waals surface area contributed by atoms with E-state index in [1.807, 2.05) is 11.0 Å². The van der Waals surface area contributed by atoms with Crippen molar-refractivity contribution < 1.29 is 23.8 Å². The third kappa shape index (κ3) is 6.52. The van der Waals surface area contributed by atoms with Crippen molar-refractivity contribution in [3.63, 3.8) is 0 Å². The molecule has 178 valence electrons. The highest BCUT2D eigenvalue weighted by Gasteiger charge is 2.24. The summed E-state index contributed by atoms with van der Waals surface area (Å²) >= 11 is 0. The molecule has 0 aliphatic carbocycles. The first-order valence-electron chi connectivity index (χ1n) is 10.9. The number of nitrogens with zero attached hydrogens (tertiary/aromatic N) is 2. The average molecular weight is 459 g/mol. The summed E-state index contributed by atoms with van der Waals surface area (Å²) in [5, 5.41) is 10.1. The molecule has 0 aromatic heterocycles. The van der Waals surface area contributed by atoms with Crippen molar-refractivity contribution in [2.45, 2.75) is 32.1 Å². The van der Waals surface area contributed by atoms with E-state index < -0.39 is 11.8 Å². The van der Waals surface area contributed by atoms with Crippen LogP contribution < -0.4 is 26.1 Å². The summed E-state index contributed by atoms with van der Waals surface area (Å²) in [5.74, 6) is 6.59. The van der Waals surface area contributed by atoms with Crippen LogP contribution in [0.3, 0.4) is 0 Å². The summed E-state index contributed by atoms with van der Waals surface area (Å²) in [7, 11) is 1.51. The molecule has 3 rings (SSSR count). The molecule has 1 aliphatic rings. The number of anilines is 1. The normalized spacial score (nSPS) is 14.5. The lowest BCUT2D eigenvalue weighted by Crippen LogP contribution is -2.45. The maximum atomic E-state index is 14.6. The summed E-state index contributed by atoms with van der Waals surface area (Å²) in [6.07, 6.45) is 3.53. The van der Waals surface area contributed by atoms with Gasteiger partial charge in [0.05, 0.1) is 18.5 Å². The number of hydrogen-bond donors (Lipinski definition) is 3. The Hall–Kier alpha value is -3.46. The van der Waals surface area contributed by atoms with Crippen LogP contribution in [0.2, 0.25) is 0 Å². The summed E-state index contributed by atoms with van der Waals surface area (Å²) in [5.41, 5.74) is 7.81. The Kier molecular flexibility index (Phi) is 8.37. The lowest BCUT2D eigenvalue weighted by Gasteiger charge is -2.36. The van der Waals surface area contributed by atoms with Gasteiger partial charge < -0.3 is 25.2 Å². The SMILES string of the molecule is COc1ccc(F)c(N(N)/C(=C(\N)COc2cccc(CCC(=O)O)c2)N2CCCCC2)c1. The third-order valence-corrected chi connectivity index (χ3v) is 5.50. The lowest BCUT2D eigenvalue weighted by atomic mass is 10.1. The summed E-state index contributed by atoms with van der Waals surface area (Å²) in [6, 6.07) is 11.6. The Morgan fingerprint density at radius 3 is 2.61 bits per heavy atom. The van der Waals surface area contributed by atoms with Gasteiger partial charge >= 0.3 is 5.97 Å². The number of likely N-dealkylation sites (tertiary alicyclic amines) is 1. The van der Waals surface area contributed by atoms with Gasteiger partial charge in [0.2, 0.25) is 0 Å². The Labute approximate surface area is 193 Å². The van der Waals surface area contributed by atoms with Crippen LogP contribution >= 0.6 is 0 Å². The molecule has 0 spiro atoms. The van der Waals surface area contributed by atoms with E-state index in [1.165, 1.54) is 30.3 Å². The van der Waals surface area contributed by atoms with Crippen LogP contribution in [-0.4, -0.2) is 42.8 Å². The number of carboxylic acid groups (broad SMARTS) is 1. The maximum Gasteiger partial charge on any atom is 0.303 e. The minimum Gasteiger partial charge on any atom is -0.497 e. The van der Waals surface area contributed by atoms with Crippen LogP contribution in [0.25, 0.3) is 0 Å². The number of halogens is 1. The first kappa shape index (κ1) is 24.2. The van der Waals surface area contributed by atoms with Crippen LogP contribution in [-0.2, 0) is 11.2 Å². The van der Waals surface area contributed by atoms with Gasteiger partial charge in [-0.2, -0.15) is 0 Å². The summed E-state index contributed by atoms with van der Waals surface area (Å²) < 4.78 is 25.8. The van der Waals surface area contributed by atoms with E-state index in [2.05, 4.69) is 0 Å². The fraction of sp³-hybridized carbons (Fsp3) is 0.375. The number of carbonyl (C=O) groups is 1. The van der Waals surface area contributed by atoms with Gasteiger partial charge in [-0.25, -0.2) is 10.2 Å². The van der Waals surface area contributed by atoms with E-state index in [-0.39, 0.29) is 18.7 Å². The van der Waals surface area contributed by atoms with Gasteiger partial charge in [-0.05, 0) is 55.5 Å². The smallest absolute Gasteiger partial charge is 0.303 e. The van der Waals surface area contributed by atoms with Gasteiger partial charge in [-0.1, -0.05) is 12.1 Å². The predicted octanol–water partition coefficient (Wildman–Crippen LogP) is 3.22. The number of piperidine rings is 1. The molecule has 9 heteroatoms. The van der Waals surface area contributed by atoms with Gasteiger partial charge in [0.15, 0.2) is 0 Å². The van der Waals surface area contributed by atoms with Crippen LogP contribution in [0.4, 0.5) is 10.1 Å². The van der Waals surface area contributed by atoms with E-state index in [0.29, 0.717) is 29.4 Å². The Balaban J connectivity index is 1.84. The van der Waals surface area contributed by atoms with Crippen molar-refractivity contribution in [1.29, 1.82) is 0 Å². The second-order valence-electron chi connectivity index (χ2n) is 7.91. The van der Waals surface area contributed by atoms with Gasteiger partial charge in [0.1, 0.15) is 29.7 Å². The van der Waals surface area contributed by atoms with Crippen molar-refractivity contribution in [2.24, 2.45) is 11.6 Å². The second-order valence-corrected chi connectivity index (χ2v) is 7.91. The molecule has 0 atom stereocenters. The Morgan fingerprint density at radius 2 is 1.91 bits per heavy atom. The molecular formula is C24H31FN4O4. The zero-order valence-corrected chi connectivity index (χ0v) is 18.8. The Bertz CT molecular complexity index is 992. The number of hydrazine groups is 1. The van der Waals surface area contributed by atoms with Crippen LogP contribution in [0.15, 0.2) is 54.0 Å². The van der Waals surface area contributed by atoms with Crippen molar-refractivity contribution in [3.05, 3.63) is 65.4 Å². The third-order valence-electron chi connectivity index (χ3n) is 5.50. The van der Waals surface area contributed by atoms with E-state index in [9.17, 15) is 9.18 Å². The van der Waals surface area contributed by atoms with Crippen molar-refractivity contribution >= 4 is 11.7 Å².